The molecular weight excluding hydrogens is 204 g/mol. The van der Waals surface area contributed by atoms with Gasteiger partial charge in [-0.1, -0.05) is 12.1 Å². The summed E-state index contributed by atoms with van der Waals surface area (Å²) in [6.07, 6.45) is 1.66. The van der Waals surface area contributed by atoms with E-state index in [1.54, 1.807) is 43.0 Å². The smallest absolute Gasteiger partial charge is 0.200 e. The number of aryl methyl sites for hydroxylation is 2. The average Bonchev–Trinajstić information content (AvgIpc) is 2.58. The molecule has 0 saturated carbocycles. The number of hydrogen-bond acceptors (Lipinski definition) is 3. The predicted octanol–water partition coefficient (Wildman–Crippen LogP) is 1.67. The number of phenolic OH excluding ortho intramolecular Hbond substituents is 1. The van der Waals surface area contributed by atoms with E-state index in [1.165, 1.54) is 6.07 Å². The Kier molecular flexibility index (Phi) is 2.48. The molecule has 0 amide bonds. The van der Waals surface area contributed by atoms with E-state index in [0.717, 1.165) is 0 Å². The second-order valence-corrected chi connectivity index (χ2v) is 3.65. The minimum atomic E-state index is -0.205. The molecule has 0 radical (unpaired) electrons. The van der Waals surface area contributed by atoms with Crippen molar-refractivity contribution < 1.29 is 9.90 Å². The summed E-state index contributed by atoms with van der Waals surface area (Å²) in [5.74, 6) is -0.209. The third kappa shape index (κ3) is 1.69. The second-order valence-electron chi connectivity index (χ2n) is 3.65. The number of ketones is 1. The Morgan fingerprint density at radius 2 is 2.00 bits per heavy atom. The number of para-hydroxylation sites is 1. The number of aromatic nitrogens is 2. The third-order valence-corrected chi connectivity index (χ3v) is 2.41. The monoisotopic (exact) mass is 216 g/mol. The van der Waals surface area contributed by atoms with Crippen molar-refractivity contribution in [3.63, 3.8) is 0 Å². The van der Waals surface area contributed by atoms with E-state index in [0.29, 0.717) is 16.8 Å². The van der Waals surface area contributed by atoms with Crippen molar-refractivity contribution >= 4 is 5.78 Å². The summed E-state index contributed by atoms with van der Waals surface area (Å²) < 4.78 is 1.59. The number of aromatic hydroxyl groups is 1. The molecule has 1 N–H and O–H groups in total. The van der Waals surface area contributed by atoms with Crippen molar-refractivity contribution in [2.75, 3.05) is 0 Å². The summed E-state index contributed by atoms with van der Waals surface area (Å²) in [5, 5.41) is 13.7. The molecule has 2 rings (SSSR count). The van der Waals surface area contributed by atoms with Crippen molar-refractivity contribution in [1.82, 2.24) is 9.78 Å². The molecule has 2 aromatic rings. The molecular formula is C12H12N2O2. The van der Waals surface area contributed by atoms with Gasteiger partial charge < -0.3 is 5.11 Å². The maximum atomic E-state index is 12.1. The fourth-order valence-corrected chi connectivity index (χ4v) is 1.63. The van der Waals surface area contributed by atoms with Crippen LogP contribution in [0.5, 0.6) is 5.75 Å². The van der Waals surface area contributed by atoms with Gasteiger partial charge in [-0.25, -0.2) is 0 Å². The molecule has 1 aromatic heterocycles. The molecule has 0 bridgehead atoms. The van der Waals surface area contributed by atoms with Crippen molar-refractivity contribution in [3.05, 3.63) is 47.3 Å². The SMILES string of the molecule is Cc1nn(C)cc1C(=O)c1ccccc1O. The molecule has 0 aliphatic heterocycles. The van der Waals surface area contributed by atoms with Gasteiger partial charge in [0.25, 0.3) is 0 Å². The van der Waals surface area contributed by atoms with Crippen LogP contribution < -0.4 is 0 Å². The van der Waals surface area contributed by atoms with E-state index in [1.807, 2.05) is 0 Å². The number of rotatable bonds is 2. The zero-order chi connectivity index (χ0) is 11.7. The first-order valence-electron chi connectivity index (χ1n) is 4.92. The van der Waals surface area contributed by atoms with Gasteiger partial charge in [0.15, 0.2) is 5.78 Å². The molecule has 1 heterocycles. The number of nitrogens with zero attached hydrogens (tertiary/aromatic N) is 2. The lowest BCUT2D eigenvalue weighted by Gasteiger charge is -2.01. The molecule has 82 valence electrons. The molecule has 4 heteroatoms. The van der Waals surface area contributed by atoms with Gasteiger partial charge >= 0.3 is 0 Å². The van der Waals surface area contributed by atoms with Crippen LogP contribution in [-0.4, -0.2) is 20.7 Å². The quantitative estimate of drug-likeness (QED) is 0.777. The van der Waals surface area contributed by atoms with E-state index in [4.69, 9.17) is 0 Å². The summed E-state index contributed by atoms with van der Waals surface area (Å²) in [6.45, 7) is 1.77. The molecule has 0 unspecified atom stereocenters. The van der Waals surface area contributed by atoms with E-state index in [9.17, 15) is 9.90 Å². The molecule has 1 aromatic carbocycles. The lowest BCUT2D eigenvalue weighted by Crippen LogP contribution is -2.02. The van der Waals surface area contributed by atoms with E-state index in [-0.39, 0.29) is 11.5 Å². The lowest BCUT2D eigenvalue weighted by molar-refractivity contribution is 0.103. The van der Waals surface area contributed by atoms with E-state index in [2.05, 4.69) is 5.10 Å². The van der Waals surface area contributed by atoms with Crippen LogP contribution in [0, 0.1) is 6.92 Å². The average molecular weight is 216 g/mol. The molecule has 0 aliphatic rings. The molecule has 0 aliphatic carbocycles. The van der Waals surface area contributed by atoms with Crippen molar-refractivity contribution in [2.45, 2.75) is 6.92 Å². The Labute approximate surface area is 93.1 Å². The fourth-order valence-electron chi connectivity index (χ4n) is 1.63. The van der Waals surface area contributed by atoms with Crippen LogP contribution in [0.15, 0.2) is 30.5 Å². The molecule has 16 heavy (non-hydrogen) atoms. The van der Waals surface area contributed by atoms with Gasteiger partial charge in [0.1, 0.15) is 5.75 Å². The largest absolute Gasteiger partial charge is 0.507 e. The van der Waals surface area contributed by atoms with Crippen molar-refractivity contribution in [1.29, 1.82) is 0 Å². The first kappa shape index (κ1) is 10.4. The third-order valence-electron chi connectivity index (χ3n) is 2.41. The number of carbonyl (C=O) groups excluding carboxylic acids is 1. The predicted molar refractivity (Wildman–Crippen MR) is 59.5 cm³/mol. The zero-order valence-electron chi connectivity index (χ0n) is 9.14. The van der Waals surface area contributed by atoms with Crippen LogP contribution in [-0.2, 0) is 7.05 Å². The van der Waals surface area contributed by atoms with Crippen LogP contribution in [0.1, 0.15) is 21.6 Å². The van der Waals surface area contributed by atoms with Gasteiger partial charge in [-0.2, -0.15) is 5.10 Å². The molecule has 0 fully saturated rings. The number of phenols is 1. The Hall–Kier alpha value is -2.10. The normalized spacial score (nSPS) is 10.4. The summed E-state index contributed by atoms with van der Waals surface area (Å²) in [4.78, 5) is 12.1. The summed E-state index contributed by atoms with van der Waals surface area (Å²) in [6, 6.07) is 6.50. The van der Waals surface area contributed by atoms with Gasteiger partial charge in [-0.05, 0) is 19.1 Å². The van der Waals surface area contributed by atoms with Gasteiger partial charge in [-0.15, -0.1) is 0 Å². The van der Waals surface area contributed by atoms with Gasteiger partial charge in [0.2, 0.25) is 0 Å². The fraction of sp³-hybridized carbons (Fsp3) is 0.167. The lowest BCUT2D eigenvalue weighted by atomic mass is 10.0. The van der Waals surface area contributed by atoms with Gasteiger partial charge in [0.05, 0.1) is 16.8 Å². The molecule has 0 saturated heterocycles. The highest BCUT2D eigenvalue weighted by Gasteiger charge is 2.17. The standard InChI is InChI=1S/C12H12N2O2/c1-8-10(7-14(2)13-8)12(16)9-5-3-4-6-11(9)15/h3-7,15H,1-2H3. The first-order chi connectivity index (χ1) is 7.59. The highest BCUT2D eigenvalue weighted by atomic mass is 16.3. The van der Waals surface area contributed by atoms with E-state index < -0.39 is 0 Å². The van der Waals surface area contributed by atoms with Gasteiger partial charge in [0, 0.05) is 13.2 Å². The number of carbonyl (C=O) groups is 1. The summed E-state index contributed by atoms with van der Waals surface area (Å²) in [7, 11) is 1.76. The Morgan fingerprint density at radius 3 is 2.56 bits per heavy atom. The summed E-state index contributed by atoms with van der Waals surface area (Å²) in [5.41, 5.74) is 1.48. The Balaban J connectivity index is 2.47. The van der Waals surface area contributed by atoms with Crippen molar-refractivity contribution in [3.8, 4) is 5.75 Å². The second kappa shape index (κ2) is 3.81. The minimum absolute atomic E-state index is 0.00393. The van der Waals surface area contributed by atoms with Crippen LogP contribution in [0.25, 0.3) is 0 Å². The topological polar surface area (TPSA) is 55.1 Å². The van der Waals surface area contributed by atoms with Crippen LogP contribution in [0.3, 0.4) is 0 Å². The Morgan fingerprint density at radius 1 is 1.31 bits per heavy atom. The maximum absolute atomic E-state index is 12.1. The van der Waals surface area contributed by atoms with E-state index >= 15 is 0 Å². The maximum Gasteiger partial charge on any atom is 0.200 e. The number of hydrogen-bond donors (Lipinski definition) is 1. The van der Waals surface area contributed by atoms with Crippen LogP contribution in [0.2, 0.25) is 0 Å². The van der Waals surface area contributed by atoms with Crippen molar-refractivity contribution in [2.24, 2.45) is 7.05 Å². The van der Waals surface area contributed by atoms with Gasteiger partial charge in [-0.3, -0.25) is 9.48 Å². The Bertz CT molecular complexity index is 544. The number of benzene rings is 1. The zero-order valence-corrected chi connectivity index (χ0v) is 9.14. The molecule has 0 spiro atoms. The summed E-state index contributed by atoms with van der Waals surface area (Å²) >= 11 is 0. The van der Waals surface area contributed by atoms with Crippen LogP contribution in [0.4, 0.5) is 0 Å². The van der Waals surface area contributed by atoms with Crippen LogP contribution >= 0.6 is 0 Å². The first-order valence-corrected chi connectivity index (χ1v) is 4.92. The highest BCUT2D eigenvalue weighted by molar-refractivity contribution is 6.11. The minimum Gasteiger partial charge on any atom is -0.507 e. The molecule has 4 nitrogen and oxygen atoms in total. The highest BCUT2D eigenvalue weighted by Crippen LogP contribution is 2.20. The molecule has 0 atom stereocenters.